The Kier molecular flexibility index (Phi) is 9.77. The van der Waals surface area contributed by atoms with Crippen LogP contribution < -0.4 is 4.74 Å². The Hall–Kier alpha value is -2.14. The third-order valence-electron chi connectivity index (χ3n) is 5.27. The molecule has 0 heterocycles. The van der Waals surface area contributed by atoms with Crippen LogP contribution in [0.1, 0.15) is 51.4 Å². The number of aliphatic hydroxyl groups excluding tert-OH is 1. The van der Waals surface area contributed by atoms with E-state index in [0.29, 0.717) is 18.6 Å². The van der Waals surface area contributed by atoms with E-state index in [9.17, 15) is 14.7 Å². The highest BCUT2D eigenvalue weighted by atomic mass is 16.5. The standard InChI is InChI=1S/C23H32O5/c1-27-23(26)12-8-3-2-7-11-21-18(14-16-22(21)25)13-15-19(24)17-28-20-9-5-4-6-10-20/h4-6,9-10,13,15,18-19,21,24H,2-3,7-8,11-12,14,16-17H2,1H3/b15-13+/t18-,19+,21+/m0/s1. The second-order valence-electron chi connectivity index (χ2n) is 7.38. The van der Waals surface area contributed by atoms with E-state index in [2.05, 4.69) is 4.74 Å². The number of Topliss-reactive ketones (excluding diaryl/α,β-unsaturated/α-hetero) is 1. The van der Waals surface area contributed by atoms with Gasteiger partial charge >= 0.3 is 5.97 Å². The lowest BCUT2D eigenvalue weighted by molar-refractivity contribution is -0.140. The maximum absolute atomic E-state index is 12.2. The van der Waals surface area contributed by atoms with Crippen molar-refractivity contribution < 1.29 is 24.2 Å². The van der Waals surface area contributed by atoms with Crippen molar-refractivity contribution in [3.8, 4) is 5.75 Å². The van der Waals surface area contributed by atoms with Crippen molar-refractivity contribution in [1.29, 1.82) is 0 Å². The molecule has 2 rings (SSSR count). The van der Waals surface area contributed by atoms with Crippen molar-refractivity contribution >= 4 is 11.8 Å². The first-order valence-corrected chi connectivity index (χ1v) is 10.2. The van der Waals surface area contributed by atoms with Crippen LogP contribution in [-0.2, 0) is 14.3 Å². The number of ketones is 1. The Morgan fingerprint density at radius 1 is 1.21 bits per heavy atom. The van der Waals surface area contributed by atoms with E-state index in [1.165, 1.54) is 7.11 Å². The van der Waals surface area contributed by atoms with Gasteiger partial charge in [-0.2, -0.15) is 0 Å². The molecule has 0 aliphatic heterocycles. The fourth-order valence-corrected chi connectivity index (χ4v) is 3.65. The maximum atomic E-state index is 12.2. The molecule has 0 spiro atoms. The molecule has 0 bridgehead atoms. The second-order valence-corrected chi connectivity index (χ2v) is 7.38. The van der Waals surface area contributed by atoms with Crippen molar-refractivity contribution in [2.24, 2.45) is 11.8 Å². The first-order valence-electron chi connectivity index (χ1n) is 10.2. The number of allylic oxidation sites excluding steroid dienone is 1. The molecule has 28 heavy (non-hydrogen) atoms. The summed E-state index contributed by atoms with van der Waals surface area (Å²) >= 11 is 0. The molecule has 1 aromatic rings. The average molecular weight is 389 g/mol. The fraction of sp³-hybridized carbons (Fsp3) is 0.565. The number of carbonyl (C=O) groups excluding carboxylic acids is 2. The van der Waals surface area contributed by atoms with Crippen LogP contribution in [0, 0.1) is 11.8 Å². The summed E-state index contributed by atoms with van der Waals surface area (Å²) in [6, 6.07) is 9.41. The van der Waals surface area contributed by atoms with E-state index < -0.39 is 6.10 Å². The number of aliphatic hydroxyl groups is 1. The van der Waals surface area contributed by atoms with Gasteiger partial charge in [0.15, 0.2) is 0 Å². The van der Waals surface area contributed by atoms with Gasteiger partial charge in [-0.05, 0) is 37.3 Å². The van der Waals surface area contributed by atoms with Crippen molar-refractivity contribution in [2.75, 3.05) is 13.7 Å². The Bertz CT molecular complexity index is 625. The van der Waals surface area contributed by atoms with Crippen LogP contribution >= 0.6 is 0 Å². The van der Waals surface area contributed by atoms with E-state index in [1.54, 1.807) is 6.08 Å². The first kappa shape index (κ1) is 22.2. The van der Waals surface area contributed by atoms with Crippen LogP contribution in [-0.4, -0.2) is 36.7 Å². The van der Waals surface area contributed by atoms with Crippen LogP contribution in [0.25, 0.3) is 0 Å². The molecule has 1 aliphatic rings. The number of para-hydroxylation sites is 1. The normalized spacial score (nSPS) is 20.4. The minimum Gasteiger partial charge on any atom is -0.491 e. The Morgan fingerprint density at radius 2 is 1.96 bits per heavy atom. The van der Waals surface area contributed by atoms with E-state index in [0.717, 1.165) is 44.3 Å². The molecule has 1 saturated carbocycles. The number of benzene rings is 1. The van der Waals surface area contributed by atoms with E-state index in [1.807, 2.05) is 36.4 Å². The predicted octanol–water partition coefficient (Wildman–Crippen LogP) is 4.09. The smallest absolute Gasteiger partial charge is 0.305 e. The minimum absolute atomic E-state index is 0.0547. The monoisotopic (exact) mass is 388 g/mol. The van der Waals surface area contributed by atoms with Crippen LogP contribution in [0.2, 0.25) is 0 Å². The lowest BCUT2D eigenvalue weighted by atomic mass is 9.89. The van der Waals surface area contributed by atoms with Crippen molar-refractivity contribution in [1.82, 2.24) is 0 Å². The van der Waals surface area contributed by atoms with Crippen molar-refractivity contribution in [3.05, 3.63) is 42.5 Å². The molecule has 154 valence electrons. The highest BCUT2D eigenvalue weighted by molar-refractivity contribution is 5.83. The topological polar surface area (TPSA) is 72.8 Å². The van der Waals surface area contributed by atoms with Gasteiger partial charge in [-0.25, -0.2) is 0 Å². The summed E-state index contributed by atoms with van der Waals surface area (Å²) in [5, 5.41) is 10.1. The summed E-state index contributed by atoms with van der Waals surface area (Å²) in [7, 11) is 1.41. The molecule has 1 aliphatic carbocycles. The second kappa shape index (κ2) is 12.3. The Labute approximate surface area is 167 Å². The molecule has 1 N–H and O–H groups in total. The number of carbonyl (C=O) groups is 2. The molecule has 3 atom stereocenters. The first-order chi connectivity index (χ1) is 13.6. The zero-order valence-corrected chi connectivity index (χ0v) is 16.7. The fourth-order valence-electron chi connectivity index (χ4n) is 3.65. The van der Waals surface area contributed by atoms with Crippen molar-refractivity contribution in [3.63, 3.8) is 0 Å². The van der Waals surface area contributed by atoms with Crippen molar-refractivity contribution in [2.45, 2.75) is 57.5 Å². The van der Waals surface area contributed by atoms with Gasteiger partial charge in [0.25, 0.3) is 0 Å². The number of rotatable bonds is 12. The van der Waals surface area contributed by atoms with Crippen LogP contribution in [0.5, 0.6) is 5.75 Å². The highest BCUT2D eigenvalue weighted by Gasteiger charge is 2.32. The lowest BCUT2D eigenvalue weighted by Crippen LogP contribution is -2.17. The van der Waals surface area contributed by atoms with Gasteiger partial charge in [0, 0.05) is 18.8 Å². The summed E-state index contributed by atoms with van der Waals surface area (Å²) in [6.45, 7) is 0.200. The summed E-state index contributed by atoms with van der Waals surface area (Å²) in [5.74, 6) is 1.16. The Morgan fingerprint density at radius 3 is 2.71 bits per heavy atom. The number of hydrogen-bond donors (Lipinski definition) is 1. The Balaban J connectivity index is 1.68. The number of methoxy groups -OCH3 is 1. The number of unbranched alkanes of at least 4 members (excludes halogenated alkanes) is 3. The van der Waals surface area contributed by atoms with E-state index in [4.69, 9.17) is 4.74 Å². The highest BCUT2D eigenvalue weighted by Crippen LogP contribution is 2.34. The molecule has 0 aromatic heterocycles. The number of esters is 1. The maximum Gasteiger partial charge on any atom is 0.305 e. The molecule has 1 fully saturated rings. The largest absolute Gasteiger partial charge is 0.491 e. The van der Waals surface area contributed by atoms with Crippen LogP contribution in [0.15, 0.2) is 42.5 Å². The molecule has 0 unspecified atom stereocenters. The molecular weight excluding hydrogens is 356 g/mol. The molecule has 0 amide bonds. The SMILES string of the molecule is COC(=O)CCCCCC[C@H]1C(=O)CC[C@@H]1/C=C/[C@@H](O)COc1ccccc1. The van der Waals surface area contributed by atoms with Crippen LogP contribution in [0.3, 0.4) is 0 Å². The van der Waals surface area contributed by atoms with Crippen LogP contribution in [0.4, 0.5) is 0 Å². The minimum atomic E-state index is -0.685. The van der Waals surface area contributed by atoms with E-state index in [-0.39, 0.29) is 24.4 Å². The quantitative estimate of drug-likeness (QED) is 0.332. The summed E-state index contributed by atoms with van der Waals surface area (Å²) in [6.07, 6.45) is 9.71. The predicted molar refractivity (Wildman–Crippen MR) is 108 cm³/mol. The van der Waals surface area contributed by atoms with Gasteiger partial charge in [-0.3, -0.25) is 9.59 Å². The van der Waals surface area contributed by atoms with Gasteiger partial charge in [0.1, 0.15) is 24.2 Å². The van der Waals surface area contributed by atoms with Gasteiger partial charge in [0.05, 0.1) is 7.11 Å². The summed E-state index contributed by atoms with van der Waals surface area (Å²) in [5.41, 5.74) is 0. The van der Waals surface area contributed by atoms with Gasteiger partial charge in [-0.1, -0.05) is 49.6 Å². The molecular formula is C23H32O5. The number of hydrogen-bond acceptors (Lipinski definition) is 5. The third-order valence-corrected chi connectivity index (χ3v) is 5.27. The zero-order valence-electron chi connectivity index (χ0n) is 16.7. The van der Waals surface area contributed by atoms with Gasteiger partial charge < -0.3 is 14.6 Å². The third kappa shape index (κ3) is 7.85. The molecule has 0 radical (unpaired) electrons. The summed E-state index contributed by atoms with van der Waals surface area (Å²) in [4.78, 5) is 23.3. The van der Waals surface area contributed by atoms with Gasteiger partial charge in [-0.15, -0.1) is 0 Å². The zero-order chi connectivity index (χ0) is 20.2. The van der Waals surface area contributed by atoms with E-state index >= 15 is 0 Å². The van der Waals surface area contributed by atoms with Gasteiger partial charge in [0.2, 0.25) is 0 Å². The average Bonchev–Trinajstić information content (AvgIpc) is 3.07. The molecule has 1 aromatic carbocycles. The summed E-state index contributed by atoms with van der Waals surface area (Å²) < 4.78 is 10.2. The number of ether oxygens (including phenoxy) is 2. The molecule has 5 heteroatoms. The molecule has 5 nitrogen and oxygen atoms in total. The molecule has 0 saturated heterocycles. The lowest BCUT2D eigenvalue weighted by Gasteiger charge is -2.16.